The van der Waals surface area contributed by atoms with E-state index >= 15 is 0 Å². The molecule has 0 bridgehead atoms. The second-order valence-electron chi connectivity index (χ2n) is 9.86. The van der Waals surface area contributed by atoms with Gasteiger partial charge in [0.05, 0.1) is 38.9 Å². The summed E-state index contributed by atoms with van der Waals surface area (Å²) in [7, 11) is -7.17. The molecule has 0 saturated carbocycles. The molecule has 3 aromatic rings. The molecule has 1 heterocycles. The molecule has 15 heteroatoms. The zero-order chi connectivity index (χ0) is 31.6. The highest BCUT2D eigenvalue weighted by Crippen LogP contribution is 2.38. The number of alkyl halides is 3. The molecule has 1 aliphatic rings. The monoisotopic (exact) mass is 659 g/mol. The van der Waals surface area contributed by atoms with Gasteiger partial charge < -0.3 is 10.1 Å². The van der Waals surface area contributed by atoms with Crippen molar-refractivity contribution in [2.24, 2.45) is 0 Å². The first-order valence-electron chi connectivity index (χ1n) is 13.1. The minimum atomic E-state index is -4.90. The quantitative estimate of drug-likeness (QED) is 0.316. The van der Waals surface area contributed by atoms with Crippen LogP contribution in [0.25, 0.3) is 0 Å². The number of amides is 1. The van der Waals surface area contributed by atoms with Crippen LogP contribution in [0.1, 0.15) is 30.4 Å². The molecule has 0 unspecified atom stereocenters. The van der Waals surface area contributed by atoms with Crippen molar-refractivity contribution in [1.82, 2.24) is 4.31 Å². The molecule has 1 amide bonds. The molecule has 0 radical (unpaired) electrons. The molecule has 1 fully saturated rings. The number of ether oxygens (including phenoxy) is 1. The van der Waals surface area contributed by atoms with Crippen LogP contribution in [0, 0.1) is 6.92 Å². The van der Waals surface area contributed by atoms with Crippen LogP contribution < -0.4 is 14.4 Å². The summed E-state index contributed by atoms with van der Waals surface area (Å²) in [6.07, 6.45) is -2.56. The number of carbonyl (C=O) groups is 1. The van der Waals surface area contributed by atoms with Gasteiger partial charge in [0.2, 0.25) is 15.9 Å². The van der Waals surface area contributed by atoms with E-state index in [0.717, 1.165) is 24.1 Å². The second kappa shape index (κ2) is 12.7. The number of piperidine rings is 1. The number of hydrogen-bond acceptors (Lipinski definition) is 6. The Labute approximate surface area is 253 Å². The van der Waals surface area contributed by atoms with Gasteiger partial charge in [-0.15, -0.1) is 0 Å². The molecular weight excluding hydrogens is 631 g/mol. The molecule has 43 heavy (non-hydrogen) atoms. The van der Waals surface area contributed by atoms with E-state index in [-0.39, 0.29) is 21.2 Å². The summed E-state index contributed by atoms with van der Waals surface area (Å²) in [4.78, 5) is 13.0. The predicted octanol–water partition coefficient (Wildman–Crippen LogP) is 5.68. The van der Waals surface area contributed by atoms with Crippen molar-refractivity contribution in [2.75, 3.05) is 36.4 Å². The molecule has 0 aliphatic carbocycles. The Morgan fingerprint density at radius 3 is 2.19 bits per heavy atom. The lowest BCUT2D eigenvalue weighted by atomic mass is 10.2. The van der Waals surface area contributed by atoms with Gasteiger partial charge in [-0.05, 0) is 68.3 Å². The summed E-state index contributed by atoms with van der Waals surface area (Å²) in [5.74, 6) is -0.880. The van der Waals surface area contributed by atoms with Crippen molar-refractivity contribution in [3.8, 4) is 5.75 Å². The zero-order valence-electron chi connectivity index (χ0n) is 23.2. The van der Waals surface area contributed by atoms with Crippen LogP contribution in [0.5, 0.6) is 5.75 Å². The first kappa shape index (κ1) is 32.6. The third-order valence-corrected chi connectivity index (χ3v) is 10.8. The number of sulfonamides is 2. The Bertz CT molecular complexity index is 1710. The lowest BCUT2D eigenvalue weighted by Gasteiger charge is -2.26. The first-order valence-corrected chi connectivity index (χ1v) is 16.3. The average Bonchev–Trinajstić information content (AvgIpc) is 2.96. The van der Waals surface area contributed by atoms with Crippen LogP contribution in [-0.2, 0) is 31.0 Å². The Morgan fingerprint density at radius 1 is 0.953 bits per heavy atom. The number of nitrogens with one attached hydrogen (secondary N) is 1. The number of rotatable bonds is 9. The summed E-state index contributed by atoms with van der Waals surface area (Å²) >= 11 is 5.75. The maximum atomic E-state index is 13.7. The molecule has 4 rings (SSSR count). The van der Waals surface area contributed by atoms with Crippen LogP contribution >= 0.6 is 11.6 Å². The highest BCUT2D eigenvalue weighted by Gasteiger charge is 2.36. The topological polar surface area (TPSA) is 113 Å². The van der Waals surface area contributed by atoms with E-state index in [0.29, 0.717) is 36.3 Å². The Balaban J connectivity index is 1.72. The van der Waals surface area contributed by atoms with Crippen molar-refractivity contribution in [3.05, 3.63) is 76.8 Å². The maximum Gasteiger partial charge on any atom is 0.417 e. The third kappa shape index (κ3) is 7.25. The van der Waals surface area contributed by atoms with Crippen LogP contribution in [0.3, 0.4) is 0 Å². The van der Waals surface area contributed by atoms with Crippen molar-refractivity contribution in [2.45, 2.75) is 42.2 Å². The number of nitrogens with zero attached hydrogens (tertiary/aromatic N) is 2. The Morgan fingerprint density at radius 2 is 1.58 bits per heavy atom. The smallest absolute Gasteiger partial charge is 0.417 e. The predicted molar refractivity (Wildman–Crippen MR) is 156 cm³/mol. The SMILES string of the molecule is COc1ccc(S(=O)(=O)N2CCCCC2)cc1NC(=O)CN(c1ccc(Cl)c(C(F)(F)F)c1)S(=O)(=O)c1ccc(C)cc1. The van der Waals surface area contributed by atoms with E-state index in [9.17, 15) is 34.8 Å². The van der Waals surface area contributed by atoms with Crippen molar-refractivity contribution >= 4 is 48.9 Å². The van der Waals surface area contributed by atoms with Gasteiger partial charge in [-0.25, -0.2) is 16.8 Å². The highest BCUT2D eigenvalue weighted by atomic mass is 35.5. The van der Waals surface area contributed by atoms with Crippen LogP contribution in [0.2, 0.25) is 5.02 Å². The number of benzene rings is 3. The van der Waals surface area contributed by atoms with E-state index in [1.807, 2.05) is 0 Å². The molecule has 1 saturated heterocycles. The summed E-state index contributed by atoms with van der Waals surface area (Å²) in [6.45, 7) is 1.47. The van der Waals surface area contributed by atoms with Crippen molar-refractivity contribution in [1.29, 1.82) is 0 Å². The van der Waals surface area contributed by atoms with E-state index < -0.39 is 54.9 Å². The Hall–Kier alpha value is -3.33. The normalized spacial score (nSPS) is 14.7. The fourth-order valence-electron chi connectivity index (χ4n) is 4.56. The maximum absolute atomic E-state index is 13.7. The van der Waals surface area contributed by atoms with Gasteiger partial charge in [-0.2, -0.15) is 17.5 Å². The average molecular weight is 660 g/mol. The molecule has 1 aliphatic heterocycles. The largest absolute Gasteiger partial charge is 0.495 e. The molecule has 3 aromatic carbocycles. The lowest BCUT2D eigenvalue weighted by Crippen LogP contribution is -2.38. The summed E-state index contributed by atoms with van der Waals surface area (Å²) < 4.78 is 102. The highest BCUT2D eigenvalue weighted by molar-refractivity contribution is 7.92. The fraction of sp³-hybridized carbons (Fsp3) is 0.321. The number of anilines is 2. The summed E-state index contributed by atoms with van der Waals surface area (Å²) in [6, 6.07) is 11.9. The molecule has 0 aromatic heterocycles. The third-order valence-electron chi connectivity index (χ3n) is 6.84. The number of hydrogen-bond donors (Lipinski definition) is 1. The van der Waals surface area contributed by atoms with Crippen molar-refractivity contribution in [3.63, 3.8) is 0 Å². The number of aryl methyl sites for hydroxylation is 1. The van der Waals surface area contributed by atoms with Gasteiger partial charge in [0.25, 0.3) is 10.0 Å². The van der Waals surface area contributed by atoms with Gasteiger partial charge in [0.15, 0.2) is 0 Å². The number of carbonyl (C=O) groups excluding carboxylic acids is 1. The van der Waals surface area contributed by atoms with Crippen LogP contribution in [0.4, 0.5) is 24.5 Å². The molecule has 9 nitrogen and oxygen atoms in total. The van der Waals surface area contributed by atoms with Gasteiger partial charge in [0.1, 0.15) is 12.3 Å². The van der Waals surface area contributed by atoms with E-state index in [1.54, 1.807) is 6.92 Å². The van der Waals surface area contributed by atoms with Crippen LogP contribution in [0.15, 0.2) is 70.5 Å². The summed E-state index contributed by atoms with van der Waals surface area (Å²) in [5, 5.41) is 1.82. The number of methoxy groups -OCH3 is 1. The van der Waals surface area contributed by atoms with E-state index in [1.165, 1.54) is 53.9 Å². The zero-order valence-corrected chi connectivity index (χ0v) is 25.6. The number of halogens is 4. The first-order chi connectivity index (χ1) is 20.1. The molecular formula is C28H29ClF3N3O6S2. The van der Waals surface area contributed by atoms with Crippen molar-refractivity contribution < 1.29 is 39.5 Å². The van der Waals surface area contributed by atoms with Gasteiger partial charge in [-0.3, -0.25) is 9.10 Å². The fourth-order valence-corrected chi connectivity index (χ4v) is 7.74. The standard InChI is InChI=1S/C28H29ClF3N3O6S2/c1-19-6-9-21(10-7-19)43(39,40)35(20-8-12-24(29)23(16-20)28(30,31)32)18-27(36)33-25-17-22(11-13-26(25)41-2)42(37,38)34-14-4-3-5-15-34/h6-13,16-17H,3-5,14-15,18H2,1-2H3,(H,33,36). The molecule has 0 spiro atoms. The molecule has 0 atom stereocenters. The van der Waals surface area contributed by atoms with E-state index in [4.69, 9.17) is 16.3 Å². The van der Waals surface area contributed by atoms with Gasteiger partial charge in [0, 0.05) is 13.1 Å². The minimum absolute atomic E-state index is 0.0645. The minimum Gasteiger partial charge on any atom is -0.495 e. The van der Waals surface area contributed by atoms with E-state index in [2.05, 4.69) is 5.32 Å². The van der Waals surface area contributed by atoms with Gasteiger partial charge >= 0.3 is 6.18 Å². The Kier molecular flexibility index (Phi) is 9.64. The lowest BCUT2D eigenvalue weighted by molar-refractivity contribution is -0.137. The van der Waals surface area contributed by atoms with Gasteiger partial charge in [-0.1, -0.05) is 35.7 Å². The molecule has 1 N–H and O–H groups in total. The van der Waals surface area contributed by atoms with Crippen LogP contribution in [-0.4, -0.2) is 53.8 Å². The molecule has 232 valence electrons. The summed E-state index contributed by atoms with van der Waals surface area (Å²) in [5.41, 5.74) is -1.07. The second-order valence-corrected chi connectivity index (χ2v) is 14.1.